The highest BCUT2D eigenvalue weighted by atomic mass is 16.5. The van der Waals surface area contributed by atoms with E-state index in [0.717, 1.165) is 28.0 Å². The molecule has 2 amide bonds. The number of methoxy groups -OCH3 is 1. The number of nitrogens with two attached hydrogens (primary N) is 1. The quantitative estimate of drug-likeness (QED) is 0.886. The maximum absolute atomic E-state index is 12.3. The highest BCUT2D eigenvalue weighted by molar-refractivity contribution is 5.95. The normalized spacial score (nSPS) is 10.3. The maximum atomic E-state index is 12.3. The summed E-state index contributed by atoms with van der Waals surface area (Å²) in [5.74, 6) is 0.250. The molecule has 0 fully saturated rings. The molecule has 126 valence electrons. The number of benzene rings is 2. The van der Waals surface area contributed by atoms with Crippen molar-refractivity contribution in [2.75, 3.05) is 12.4 Å². The van der Waals surface area contributed by atoms with Crippen LogP contribution in [0, 0.1) is 20.8 Å². The minimum Gasteiger partial charge on any atom is -0.496 e. The number of carbonyl (C=O) groups excluding carboxylic acids is 2. The summed E-state index contributed by atoms with van der Waals surface area (Å²) in [6.07, 6.45) is 0.273. The Labute approximate surface area is 141 Å². The van der Waals surface area contributed by atoms with Gasteiger partial charge in [-0.15, -0.1) is 0 Å². The number of aryl methyl sites for hydroxylation is 1. The zero-order valence-electron chi connectivity index (χ0n) is 14.4. The molecule has 0 unspecified atom stereocenters. The van der Waals surface area contributed by atoms with Gasteiger partial charge in [-0.1, -0.05) is 6.07 Å². The average Bonchev–Trinajstić information content (AvgIpc) is 2.53. The molecule has 2 rings (SSSR count). The lowest BCUT2D eigenvalue weighted by Gasteiger charge is -2.15. The van der Waals surface area contributed by atoms with E-state index < -0.39 is 5.91 Å². The molecular formula is C19H22N2O3. The first-order valence-corrected chi connectivity index (χ1v) is 7.67. The fourth-order valence-corrected chi connectivity index (χ4v) is 2.74. The lowest BCUT2D eigenvalue weighted by Crippen LogP contribution is -2.16. The molecule has 3 N–H and O–H groups in total. The van der Waals surface area contributed by atoms with Crippen LogP contribution in [0.15, 0.2) is 30.3 Å². The van der Waals surface area contributed by atoms with Crippen LogP contribution in [-0.2, 0) is 11.2 Å². The van der Waals surface area contributed by atoms with E-state index >= 15 is 0 Å². The molecule has 0 bridgehead atoms. The standard InChI is InChI=1S/C19H22N2O3/c1-11-9-15(12(2)13(3)18(11)24-4)10-17(22)21-16-7-5-14(6-8-16)19(20)23/h5-9H,10H2,1-4H3,(H2,20,23)(H,21,22). The number of anilines is 1. The van der Waals surface area contributed by atoms with Gasteiger partial charge in [-0.2, -0.15) is 0 Å². The molecule has 0 aromatic heterocycles. The van der Waals surface area contributed by atoms with Gasteiger partial charge in [-0.05, 0) is 67.3 Å². The van der Waals surface area contributed by atoms with Crippen molar-refractivity contribution in [2.45, 2.75) is 27.2 Å². The van der Waals surface area contributed by atoms with Gasteiger partial charge in [-0.25, -0.2) is 0 Å². The van der Waals surface area contributed by atoms with Crippen LogP contribution in [0.1, 0.15) is 32.6 Å². The largest absolute Gasteiger partial charge is 0.496 e. The van der Waals surface area contributed by atoms with E-state index in [2.05, 4.69) is 5.32 Å². The summed E-state index contributed by atoms with van der Waals surface area (Å²) < 4.78 is 5.40. The van der Waals surface area contributed by atoms with Crippen molar-refractivity contribution in [2.24, 2.45) is 5.73 Å². The highest BCUT2D eigenvalue weighted by Gasteiger charge is 2.13. The van der Waals surface area contributed by atoms with E-state index in [0.29, 0.717) is 11.3 Å². The predicted molar refractivity (Wildman–Crippen MR) is 94.5 cm³/mol. The Bertz CT molecular complexity index is 780. The van der Waals surface area contributed by atoms with E-state index in [4.69, 9.17) is 10.5 Å². The monoisotopic (exact) mass is 326 g/mol. The summed E-state index contributed by atoms with van der Waals surface area (Å²) in [7, 11) is 1.65. The van der Waals surface area contributed by atoms with Gasteiger partial charge in [0.1, 0.15) is 5.75 Å². The number of primary amides is 1. The molecule has 0 spiro atoms. The van der Waals surface area contributed by atoms with Gasteiger partial charge in [0.2, 0.25) is 11.8 Å². The first-order chi connectivity index (χ1) is 11.3. The Morgan fingerprint density at radius 1 is 1.08 bits per heavy atom. The lowest BCUT2D eigenvalue weighted by atomic mass is 9.96. The molecule has 0 atom stereocenters. The Morgan fingerprint density at radius 2 is 1.71 bits per heavy atom. The predicted octanol–water partition coefficient (Wildman–Crippen LogP) is 2.90. The molecule has 5 nitrogen and oxygen atoms in total. The summed E-state index contributed by atoms with van der Waals surface area (Å²) in [5, 5.41) is 2.83. The Balaban J connectivity index is 2.14. The summed E-state index contributed by atoms with van der Waals surface area (Å²) in [6, 6.07) is 8.48. The molecule has 0 saturated carbocycles. The van der Waals surface area contributed by atoms with Crippen LogP contribution in [-0.4, -0.2) is 18.9 Å². The van der Waals surface area contributed by atoms with Crippen molar-refractivity contribution in [3.8, 4) is 5.75 Å². The Hall–Kier alpha value is -2.82. The van der Waals surface area contributed by atoms with E-state index in [9.17, 15) is 9.59 Å². The van der Waals surface area contributed by atoms with Crippen molar-refractivity contribution in [3.63, 3.8) is 0 Å². The third-order valence-electron chi connectivity index (χ3n) is 4.14. The molecule has 0 aliphatic carbocycles. The number of amides is 2. The fraction of sp³-hybridized carbons (Fsp3) is 0.263. The third kappa shape index (κ3) is 3.74. The van der Waals surface area contributed by atoms with Gasteiger partial charge in [0.15, 0.2) is 0 Å². The highest BCUT2D eigenvalue weighted by Crippen LogP contribution is 2.28. The minimum absolute atomic E-state index is 0.117. The summed E-state index contributed by atoms with van der Waals surface area (Å²) in [4.78, 5) is 23.3. The van der Waals surface area contributed by atoms with Crippen LogP contribution in [0.2, 0.25) is 0 Å². The second-order valence-electron chi connectivity index (χ2n) is 5.80. The smallest absolute Gasteiger partial charge is 0.248 e. The first kappa shape index (κ1) is 17.5. The molecule has 0 aliphatic heterocycles. The van der Waals surface area contributed by atoms with Crippen molar-refractivity contribution in [3.05, 3.63) is 58.1 Å². The molecule has 2 aromatic carbocycles. The molecule has 2 aromatic rings. The van der Waals surface area contributed by atoms with Crippen LogP contribution in [0.5, 0.6) is 5.75 Å². The van der Waals surface area contributed by atoms with Gasteiger partial charge >= 0.3 is 0 Å². The summed E-state index contributed by atoms with van der Waals surface area (Å²) >= 11 is 0. The number of hydrogen-bond donors (Lipinski definition) is 2. The van der Waals surface area contributed by atoms with Crippen LogP contribution in [0.3, 0.4) is 0 Å². The van der Waals surface area contributed by atoms with E-state index in [-0.39, 0.29) is 12.3 Å². The molecular weight excluding hydrogens is 304 g/mol. The Morgan fingerprint density at radius 3 is 2.25 bits per heavy atom. The number of rotatable bonds is 5. The SMILES string of the molecule is COc1c(C)cc(CC(=O)Nc2ccc(C(N)=O)cc2)c(C)c1C. The first-order valence-electron chi connectivity index (χ1n) is 7.67. The van der Waals surface area contributed by atoms with E-state index in [1.165, 1.54) is 0 Å². The number of nitrogens with one attached hydrogen (secondary N) is 1. The molecule has 24 heavy (non-hydrogen) atoms. The van der Waals surface area contributed by atoms with Crippen LogP contribution in [0.25, 0.3) is 0 Å². The van der Waals surface area contributed by atoms with Crippen molar-refractivity contribution in [1.29, 1.82) is 0 Å². The van der Waals surface area contributed by atoms with Gasteiger partial charge in [-0.3, -0.25) is 9.59 Å². The van der Waals surface area contributed by atoms with Crippen LogP contribution >= 0.6 is 0 Å². The van der Waals surface area contributed by atoms with Gasteiger partial charge in [0, 0.05) is 11.3 Å². The number of carbonyl (C=O) groups is 2. The second-order valence-corrected chi connectivity index (χ2v) is 5.80. The molecule has 0 aliphatic rings. The summed E-state index contributed by atoms with van der Waals surface area (Å²) in [5.41, 5.74) is 10.3. The van der Waals surface area contributed by atoms with E-state index in [1.807, 2.05) is 26.8 Å². The van der Waals surface area contributed by atoms with Crippen molar-refractivity contribution in [1.82, 2.24) is 0 Å². The van der Waals surface area contributed by atoms with Gasteiger partial charge in [0.25, 0.3) is 0 Å². The van der Waals surface area contributed by atoms with Crippen LogP contribution in [0.4, 0.5) is 5.69 Å². The molecule has 0 heterocycles. The van der Waals surface area contributed by atoms with E-state index in [1.54, 1.807) is 31.4 Å². The van der Waals surface area contributed by atoms with Crippen LogP contribution < -0.4 is 15.8 Å². The van der Waals surface area contributed by atoms with Crippen molar-refractivity contribution < 1.29 is 14.3 Å². The summed E-state index contributed by atoms with van der Waals surface area (Å²) in [6.45, 7) is 5.95. The third-order valence-corrected chi connectivity index (χ3v) is 4.14. The zero-order valence-corrected chi connectivity index (χ0v) is 14.4. The average molecular weight is 326 g/mol. The number of hydrogen-bond acceptors (Lipinski definition) is 3. The van der Waals surface area contributed by atoms with Gasteiger partial charge in [0.05, 0.1) is 13.5 Å². The lowest BCUT2D eigenvalue weighted by molar-refractivity contribution is -0.115. The minimum atomic E-state index is -0.493. The van der Waals surface area contributed by atoms with Crippen molar-refractivity contribution >= 4 is 17.5 Å². The van der Waals surface area contributed by atoms with Gasteiger partial charge < -0.3 is 15.8 Å². The molecule has 0 radical (unpaired) electrons. The topological polar surface area (TPSA) is 81.4 Å². The zero-order chi connectivity index (χ0) is 17.9. The molecule has 0 saturated heterocycles. The fourth-order valence-electron chi connectivity index (χ4n) is 2.74. The second kappa shape index (κ2) is 7.17. The maximum Gasteiger partial charge on any atom is 0.248 e. The molecule has 5 heteroatoms. The number of ether oxygens (including phenoxy) is 1. The Kier molecular flexibility index (Phi) is 5.24.